The third-order valence-electron chi connectivity index (χ3n) is 3.18. The van der Waals surface area contributed by atoms with Gasteiger partial charge in [0.1, 0.15) is 5.82 Å². The van der Waals surface area contributed by atoms with Crippen LogP contribution in [0.1, 0.15) is 11.1 Å². The number of hydrogen-bond acceptors (Lipinski definition) is 3. The first-order valence-electron chi connectivity index (χ1n) is 6.21. The Morgan fingerprint density at radius 2 is 1.95 bits per heavy atom. The molecular formula is C15H13ClFNO2. The lowest BCUT2D eigenvalue weighted by atomic mass is 10.1. The van der Waals surface area contributed by atoms with E-state index in [1.54, 1.807) is 25.1 Å². The van der Waals surface area contributed by atoms with Crippen LogP contribution in [0.3, 0.4) is 0 Å². The van der Waals surface area contributed by atoms with Gasteiger partial charge < -0.3 is 14.8 Å². The summed E-state index contributed by atoms with van der Waals surface area (Å²) in [5.74, 6) is 1.09. The van der Waals surface area contributed by atoms with Gasteiger partial charge in [0.05, 0.1) is 10.7 Å². The molecule has 0 radical (unpaired) electrons. The van der Waals surface area contributed by atoms with Crippen molar-refractivity contribution in [1.29, 1.82) is 0 Å². The maximum Gasteiger partial charge on any atom is 0.231 e. The minimum absolute atomic E-state index is 0.207. The Bertz CT molecular complexity index is 661. The Kier molecular flexibility index (Phi) is 3.40. The van der Waals surface area contributed by atoms with Gasteiger partial charge in [-0.3, -0.25) is 0 Å². The average molecular weight is 294 g/mol. The summed E-state index contributed by atoms with van der Waals surface area (Å²) < 4.78 is 24.0. The molecule has 1 heterocycles. The van der Waals surface area contributed by atoms with Gasteiger partial charge in [-0.25, -0.2) is 4.39 Å². The van der Waals surface area contributed by atoms with Crippen LogP contribution in [0.2, 0.25) is 5.02 Å². The maximum absolute atomic E-state index is 13.5. The van der Waals surface area contributed by atoms with E-state index in [0.29, 0.717) is 28.6 Å². The molecule has 0 fully saturated rings. The standard InChI is InChI=1S/C15H13ClFNO2/c1-9-2-3-10(4-12(9)17)7-18-13-6-15-14(5-11(13)16)19-8-20-15/h2-6,18H,7-8H2,1H3. The SMILES string of the molecule is Cc1ccc(CNc2cc3c(cc2Cl)OCO3)cc1F. The zero-order valence-corrected chi connectivity index (χ0v) is 11.6. The molecule has 0 spiro atoms. The van der Waals surface area contributed by atoms with Crippen LogP contribution in [0.25, 0.3) is 0 Å². The number of rotatable bonds is 3. The summed E-state index contributed by atoms with van der Waals surface area (Å²) >= 11 is 6.16. The lowest BCUT2D eigenvalue weighted by Crippen LogP contribution is -2.01. The molecule has 104 valence electrons. The van der Waals surface area contributed by atoms with Gasteiger partial charge >= 0.3 is 0 Å². The predicted octanol–water partition coefficient (Wildman–Crippen LogP) is 4.13. The van der Waals surface area contributed by atoms with E-state index < -0.39 is 0 Å². The molecular weight excluding hydrogens is 281 g/mol. The van der Waals surface area contributed by atoms with Gasteiger partial charge in [0.25, 0.3) is 0 Å². The van der Waals surface area contributed by atoms with Crippen molar-refractivity contribution in [3.05, 3.63) is 52.3 Å². The number of ether oxygens (including phenoxy) is 2. The minimum atomic E-state index is -0.207. The molecule has 0 aromatic heterocycles. The van der Waals surface area contributed by atoms with E-state index in [-0.39, 0.29) is 12.6 Å². The second-order valence-corrected chi connectivity index (χ2v) is 5.03. The van der Waals surface area contributed by atoms with Crippen LogP contribution in [0.15, 0.2) is 30.3 Å². The molecule has 0 saturated carbocycles. The van der Waals surface area contributed by atoms with E-state index in [9.17, 15) is 4.39 Å². The molecule has 3 rings (SSSR count). The number of halogens is 2. The molecule has 0 atom stereocenters. The first-order chi connectivity index (χ1) is 9.63. The van der Waals surface area contributed by atoms with E-state index in [4.69, 9.17) is 21.1 Å². The highest BCUT2D eigenvalue weighted by Gasteiger charge is 2.16. The molecule has 0 saturated heterocycles. The Labute approximate surface area is 121 Å². The van der Waals surface area contributed by atoms with Gasteiger partial charge in [-0.15, -0.1) is 0 Å². The predicted molar refractivity (Wildman–Crippen MR) is 76.0 cm³/mol. The summed E-state index contributed by atoms with van der Waals surface area (Å²) in [6, 6.07) is 8.65. The molecule has 1 N–H and O–H groups in total. The Hall–Kier alpha value is -1.94. The zero-order chi connectivity index (χ0) is 14.1. The zero-order valence-electron chi connectivity index (χ0n) is 10.9. The fourth-order valence-corrected chi connectivity index (χ4v) is 2.22. The Balaban J connectivity index is 1.76. The molecule has 0 unspecified atom stereocenters. The number of fused-ring (bicyclic) bond motifs is 1. The normalized spacial score (nSPS) is 12.6. The Morgan fingerprint density at radius 1 is 1.20 bits per heavy atom. The Morgan fingerprint density at radius 3 is 2.70 bits per heavy atom. The molecule has 20 heavy (non-hydrogen) atoms. The van der Waals surface area contributed by atoms with E-state index in [2.05, 4.69) is 5.32 Å². The van der Waals surface area contributed by atoms with Gasteiger partial charge in [0.15, 0.2) is 11.5 Å². The van der Waals surface area contributed by atoms with Crippen LogP contribution in [-0.2, 0) is 6.54 Å². The van der Waals surface area contributed by atoms with Crippen molar-refractivity contribution in [1.82, 2.24) is 0 Å². The van der Waals surface area contributed by atoms with Gasteiger partial charge in [-0.05, 0) is 24.1 Å². The van der Waals surface area contributed by atoms with E-state index in [1.807, 2.05) is 6.07 Å². The summed E-state index contributed by atoms with van der Waals surface area (Å²) in [4.78, 5) is 0. The summed E-state index contributed by atoms with van der Waals surface area (Å²) in [5.41, 5.74) is 2.22. The number of nitrogens with one attached hydrogen (secondary N) is 1. The number of aryl methyl sites for hydroxylation is 1. The second-order valence-electron chi connectivity index (χ2n) is 4.62. The first kappa shape index (κ1) is 13.1. The van der Waals surface area contributed by atoms with E-state index in [1.165, 1.54) is 6.07 Å². The monoisotopic (exact) mass is 293 g/mol. The molecule has 3 nitrogen and oxygen atoms in total. The van der Waals surface area contributed by atoms with Gasteiger partial charge in [-0.1, -0.05) is 23.7 Å². The number of benzene rings is 2. The maximum atomic E-state index is 13.5. The van der Waals surface area contributed by atoms with Crippen molar-refractivity contribution in [2.75, 3.05) is 12.1 Å². The largest absolute Gasteiger partial charge is 0.454 e. The fraction of sp³-hybridized carbons (Fsp3) is 0.200. The van der Waals surface area contributed by atoms with Crippen LogP contribution in [-0.4, -0.2) is 6.79 Å². The highest BCUT2D eigenvalue weighted by Crippen LogP contribution is 2.39. The fourth-order valence-electron chi connectivity index (χ4n) is 2.00. The lowest BCUT2D eigenvalue weighted by Gasteiger charge is -2.10. The molecule has 1 aliphatic rings. The van der Waals surface area contributed by atoms with Gasteiger partial charge in [0, 0.05) is 18.7 Å². The topological polar surface area (TPSA) is 30.5 Å². The molecule has 0 amide bonds. The summed E-state index contributed by atoms with van der Waals surface area (Å²) in [7, 11) is 0. The van der Waals surface area contributed by atoms with Crippen molar-refractivity contribution in [2.45, 2.75) is 13.5 Å². The van der Waals surface area contributed by atoms with Crippen LogP contribution in [0, 0.1) is 12.7 Å². The molecule has 2 aromatic rings. The third-order valence-corrected chi connectivity index (χ3v) is 3.49. The minimum Gasteiger partial charge on any atom is -0.454 e. The van der Waals surface area contributed by atoms with E-state index in [0.717, 1.165) is 11.3 Å². The smallest absolute Gasteiger partial charge is 0.231 e. The van der Waals surface area contributed by atoms with Crippen LogP contribution >= 0.6 is 11.6 Å². The van der Waals surface area contributed by atoms with Crippen LogP contribution in [0.4, 0.5) is 10.1 Å². The average Bonchev–Trinajstić information content (AvgIpc) is 2.87. The van der Waals surface area contributed by atoms with Crippen molar-refractivity contribution < 1.29 is 13.9 Å². The molecule has 0 aliphatic carbocycles. The molecule has 5 heteroatoms. The number of hydrogen-bond donors (Lipinski definition) is 1. The second kappa shape index (κ2) is 5.21. The summed E-state index contributed by atoms with van der Waals surface area (Å²) in [6.07, 6.45) is 0. The number of anilines is 1. The van der Waals surface area contributed by atoms with Crippen LogP contribution < -0.4 is 14.8 Å². The van der Waals surface area contributed by atoms with Gasteiger partial charge in [-0.2, -0.15) is 0 Å². The molecule has 2 aromatic carbocycles. The summed E-state index contributed by atoms with van der Waals surface area (Å²) in [5, 5.41) is 3.71. The third kappa shape index (κ3) is 2.51. The summed E-state index contributed by atoms with van der Waals surface area (Å²) in [6.45, 7) is 2.43. The first-order valence-corrected chi connectivity index (χ1v) is 6.59. The highest BCUT2D eigenvalue weighted by atomic mass is 35.5. The van der Waals surface area contributed by atoms with Crippen LogP contribution in [0.5, 0.6) is 11.5 Å². The van der Waals surface area contributed by atoms with Crippen molar-refractivity contribution >= 4 is 17.3 Å². The van der Waals surface area contributed by atoms with Crippen molar-refractivity contribution in [2.24, 2.45) is 0 Å². The molecule has 0 bridgehead atoms. The van der Waals surface area contributed by atoms with Crippen molar-refractivity contribution in [3.63, 3.8) is 0 Å². The lowest BCUT2D eigenvalue weighted by molar-refractivity contribution is 0.174. The quantitative estimate of drug-likeness (QED) is 0.923. The highest BCUT2D eigenvalue weighted by molar-refractivity contribution is 6.33. The molecule has 1 aliphatic heterocycles. The van der Waals surface area contributed by atoms with Crippen molar-refractivity contribution in [3.8, 4) is 11.5 Å². The van der Waals surface area contributed by atoms with Gasteiger partial charge in [0.2, 0.25) is 6.79 Å². The van der Waals surface area contributed by atoms with E-state index >= 15 is 0 Å².